The molecule has 2 rings (SSSR count). The number of aromatic nitrogens is 2. The molecule has 7 heteroatoms. The van der Waals surface area contributed by atoms with Gasteiger partial charge in [0.1, 0.15) is 0 Å². The van der Waals surface area contributed by atoms with E-state index < -0.39 is 0 Å². The maximum absolute atomic E-state index is 12.3. The molecule has 6 nitrogen and oxygen atoms in total. The van der Waals surface area contributed by atoms with Crippen LogP contribution in [0.25, 0.3) is 0 Å². The van der Waals surface area contributed by atoms with Crippen LogP contribution in [-0.4, -0.2) is 21.1 Å². The first kappa shape index (κ1) is 17.9. The van der Waals surface area contributed by atoms with Crippen LogP contribution in [0.2, 0.25) is 0 Å². The first-order valence-corrected chi connectivity index (χ1v) is 8.56. The molecule has 0 saturated carbocycles. The lowest BCUT2D eigenvalue weighted by Gasteiger charge is -2.16. The number of para-hydroxylation sites is 1. The minimum absolute atomic E-state index is 0.143. The van der Waals surface area contributed by atoms with E-state index in [0.717, 1.165) is 16.1 Å². The van der Waals surface area contributed by atoms with Crippen molar-refractivity contribution in [2.75, 3.05) is 5.32 Å². The number of hydrogen-bond donors (Lipinski definition) is 2. The highest BCUT2D eigenvalue weighted by molar-refractivity contribution is 8.00. The number of carbonyl (C=O) groups excluding carboxylic acids is 1. The zero-order valence-corrected chi connectivity index (χ0v) is 14.8. The lowest BCUT2D eigenvalue weighted by molar-refractivity contribution is 0.249. The summed E-state index contributed by atoms with van der Waals surface area (Å²) in [5.74, 6) is 0. The largest absolute Gasteiger partial charge is 0.331 e. The molecule has 1 heterocycles. The second-order valence-corrected chi connectivity index (χ2v) is 7.03. The van der Waals surface area contributed by atoms with Gasteiger partial charge in [0.15, 0.2) is 0 Å². The Hall–Kier alpha value is -2.46. The highest BCUT2D eigenvalue weighted by atomic mass is 32.2. The molecule has 0 spiro atoms. The number of nitrogens with zero attached hydrogens (tertiary/aromatic N) is 3. The van der Waals surface area contributed by atoms with Gasteiger partial charge in [0, 0.05) is 35.4 Å². The predicted octanol–water partition coefficient (Wildman–Crippen LogP) is 3.70. The second-order valence-electron chi connectivity index (χ2n) is 5.55. The fraction of sp³-hybridized carbons (Fsp3) is 0.353. The van der Waals surface area contributed by atoms with Crippen LogP contribution >= 0.6 is 11.8 Å². The average Bonchev–Trinajstić information content (AvgIpc) is 2.96. The van der Waals surface area contributed by atoms with Crippen molar-refractivity contribution in [3.8, 4) is 6.07 Å². The van der Waals surface area contributed by atoms with Crippen molar-refractivity contribution < 1.29 is 4.79 Å². The molecular weight excluding hydrogens is 322 g/mol. The summed E-state index contributed by atoms with van der Waals surface area (Å²) >= 11 is 1.58. The Labute approximate surface area is 146 Å². The van der Waals surface area contributed by atoms with E-state index in [2.05, 4.69) is 21.8 Å². The van der Waals surface area contributed by atoms with Gasteiger partial charge in [-0.05, 0) is 19.1 Å². The third-order valence-electron chi connectivity index (χ3n) is 3.41. The maximum Gasteiger partial charge on any atom is 0.319 e. The quantitative estimate of drug-likeness (QED) is 0.784. The number of nitrogens with one attached hydrogen (secondary N) is 2. The molecule has 2 N–H and O–H groups in total. The van der Waals surface area contributed by atoms with E-state index in [9.17, 15) is 4.79 Å². The molecule has 24 heavy (non-hydrogen) atoms. The van der Waals surface area contributed by atoms with Crippen LogP contribution in [0.1, 0.15) is 31.9 Å². The number of nitriles is 1. The molecule has 0 fully saturated rings. The maximum atomic E-state index is 12.3. The molecule has 1 aromatic heterocycles. The van der Waals surface area contributed by atoms with Crippen molar-refractivity contribution in [1.82, 2.24) is 15.1 Å². The summed E-state index contributed by atoms with van der Waals surface area (Å²) in [6.45, 7) is 3.90. The Balaban J connectivity index is 2.00. The standard InChI is InChI=1S/C17H21N5OS/c1-12(8-9-18)24-16-7-5-4-6-15(16)21-17(23)20-13(2)14-10-19-22(3)11-14/h4-7,10-13H,8H2,1-3H3,(H2,20,21,23). The minimum Gasteiger partial charge on any atom is -0.331 e. The van der Waals surface area contributed by atoms with Crippen LogP contribution in [0.4, 0.5) is 10.5 Å². The molecule has 2 atom stereocenters. The third kappa shape index (κ3) is 5.03. The first-order chi connectivity index (χ1) is 11.5. The number of thioether (sulfide) groups is 1. The molecule has 1 aromatic carbocycles. The summed E-state index contributed by atoms with van der Waals surface area (Å²) in [6, 6.07) is 9.35. The van der Waals surface area contributed by atoms with E-state index in [1.165, 1.54) is 0 Å². The van der Waals surface area contributed by atoms with Crippen LogP contribution in [0, 0.1) is 11.3 Å². The van der Waals surface area contributed by atoms with Gasteiger partial charge < -0.3 is 10.6 Å². The smallest absolute Gasteiger partial charge is 0.319 e. The summed E-state index contributed by atoms with van der Waals surface area (Å²) in [5.41, 5.74) is 1.68. The van der Waals surface area contributed by atoms with E-state index in [1.54, 1.807) is 22.6 Å². The fourth-order valence-electron chi connectivity index (χ4n) is 2.16. The van der Waals surface area contributed by atoms with Gasteiger partial charge in [-0.2, -0.15) is 10.4 Å². The third-order valence-corrected chi connectivity index (χ3v) is 4.59. The van der Waals surface area contributed by atoms with Crippen LogP contribution in [0.15, 0.2) is 41.6 Å². The van der Waals surface area contributed by atoms with E-state index >= 15 is 0 Å². The molecule has 2 aromatic rings. The first-order valence-electron chi connectivity index (χ1n) is 7.68. The number of hydrogen-bond acceptors (Lipinski definition) is 4. The van der Waals surface area contributed by atoms with E-state index in [0.29, 0.717) is 6.42 Å². The Morgan fingerprint density at radius 3 is 2.83 bits per heavy atom. The lowest BCUT2D eigenvalue weighted by atomic mass is 10.2. The van der Waals surface area contributed by atoms with Gasteiger partial charge in [0.05, 0.1) is 24.0 Å². The summed E-state index contributed by atoms with van der Waals surface area (Å²) in [5, 5.41) is 18.8. The van der Waals surface area contributed by atoms with Crippen LogP contribution in [0.5, 0.6) is 0 Å². The molecule has 0 radical (unpaired) electrons. The van der Waals surface area contributed by atoms with Crippen LogP contribution < -0.4 is 10.6 Å². The lowest BCUT2D eigenvalue weighted by Crippen LogP contribution is -2.31. The van der Waals surface area contributed by atoms with Gasteiger partial charge in [-0.1, -0.05) is 19.1 Å². The SMILES string of the molecule is CC(CC#N)Sc1ccccc1NC(=O)NC(C)c1cnn(C)c1. The Morgan fingerprint density at radius 2 is 2.17 bits per heavy atom. The predicted molar refractivity (Wildman–Crippen MR) is 95.8 cm³/mol. The van der Waals surface area contributed by atoms with Gasteiger partial charge in [-0.15, -0.1) is 11.8 Å². The number of carbonyl (C=O) groups is 1. The van der Waals surface area contributed by atoms with Crippen molar-refractivity contribution in [3.63, 3.8) is 0 Å². The van der Waals surface area contributed by atoms with Crippen LogP contribution in [-0.2, 0) is 7.05 Å². The molecule has 0 aliphatic carbocycles. The van der Waals surface area contributed by atoms with Crippen molar-refractivity contribution in [2.24, 2.45) is 7.05 Å². The highest BCUT2D eigenvalue weighted by Gasteiger charge is 2.13. The number of rotatable bonds is 6. The summed E-state index contributed by atoms with van der Waals surface area (Å²) < 4.78 is 1.70. The second kappa shape index (κ2) is 8.41. The minimum atomic E-state index is -0.271. The highest BCUT2D eigenvalue weighted by Crippen LogP contribution is 2.31. The Morgan fingerprint density at radius 1 is 1.42 bits per heavy atom. The molecule has 126 valence electrons. The number of benzene rings is 1. The fourth-order valence-corrected chi connectivity index (χ4v) is 3.16. The number of amides is 2. The van der Waals surface area contributed by atoms with Gasteiger partial charge in [-0.3, -0.25) is 4.68 Å². The normalized spacial score (nSPS) is 12.9. The number of aryl methyl sites for hydroxylation is 1. The number of anilines is 1. The topological polar surface area (TPSA) is 82.7 Å². The molecule has 0 aliphatic rings. The molecule has 2 amide bonds. The van der Waals surface area contributed by atoms with E-state index in [1.807, 2.05) is 51.4 Å². The van der Waals surface area contributed by atoms with Crippen molar-refractivity contribution in [2.45, 2.75) is 36.5 Å². The summed E-state index contributed by atoms with van der Waals surface area (Å²) in [6.07, 6.45) is 4.07. The van der Waals surface area contributed by atoms with Gasteiger partial charge >= 0.3 is 6.03 Å². The van der Waals surface area contributed by atoms with E-state index in [-0.39, 0.29) is 17.3 Å². The zero-order valence-electron chi connectivity index (χ0n) is 14.0. The Kier molecular flexibility index (Phi) is 6.27. The zero-order chi connectivity index (χ0) is 17.5. The van der Waals surface area contributed by atoms with Crippen molar-refractivity contribution in [3.05, 3.63) is 42.2 Å². The van der Waals surface area contributed by atoms with Crippen LogP contribution in [0.3, 0.4) is 0 Å². The van der Waals surface area contributed by atoms with Gasteiger partial charge in [0.2, 0.25) is 0 Å². The molecule has 0 bridgehead atoms. The molecular formula is C17H21N5OS. The van der Waals surface area contributed by atoms with Gasteiger partial charge in [-0.25, -0.2) is 4.79 Å². The van der Waals surface area contributed by atoms with Gasteiger partial charge in [0.25, 0.3) is 0 Å². The summed E-state index contributed by atoms with van der Waals surface area (Å²) in [7, 11) is 1.84. The molecule has 0 saturated heterocycles. The average molecular weight is 343 g/mol. The Bertz CT molecular complexity index is 737. The van der Waals surface area contributed by atoms with Crippen molar-refractivity contribution >= 4 is 23.5 Å². The van der Waals surface area contributed by atoms with Crippen molar-refractivity contribution in [1.29, 1.82) is 5.26 Å². The monoisotopic (exact) mass is 343 g/mol. The molecule has 0 aliphatic heterocycles. The summed E-state index contributed by atoms with van der Waals surface area (Å²) in [4.78, 5) is 13.2. The molecule has 2 unspecified atom stereocenters. The number of urea groups is 1. The van der Waals surface area contributed by atoms with E-state index in [4.69, 9.17) is 5.26 Å².